The first-order valence-electron chi connectivity index (χ1n) is 6.76. The maximum absolute atomic E-state index is 4.78. The number of aromatic nitrogens is 2. The summed E-state index contributed by atoms with van der Waals surface area (Å²) in [5.74, 6) is 1.15. The first-order chi connectivity index (χ1) is 8.83. The summed E-state index contributed by atoms with van der Waals surface area (Å²) in [5, 5.41) is 5.71. The van der Waals surface area contributed by atoms with Crippen LogP contribution in [0.25, 0.3) is 4.96 Å². The number of rotatable bonds is 6. The Morgan fingerprint density at radius 1 is 1.44 bits per heavy atom. The fraction of sp³-hybridized carbons (Fsp3) is 0.615. The van der Waals surface area contributed by atoms with Crippen LogP contribution >= 0.6 is 11.3 Å². The van der Waals surface area contributed by atoms with Gasteiger partial charge in [0.2, 0.25) is 0 Å². The lowest BCUT2D eigenvalue weighted by Gasteiger charge is -2.20. The topological polar surface area (TPSA) is 32.6 Å². The molecule has 0 unspecified atom stereocenters. The molecule has 0 aliphatic heterocycles. The van der Waals surface area contributed by atoms with E-state index in [-0.39, 0.29) is 0 Å². The molecule has 0 amide bonds. The fourth-order valence-electron chi connectivity index (χ4n) is 2.29. The van der Waals surface area contributed by atoms with Crippen LogP contribution in [0.15, 0.2) is 11.6 Å². The predicted octanol–water partition coefficient (Wildman–Crippen LogP) is 2.49. The van der Waals surface area contributed by atoms with Gasteiger partial charge in [0.25, 0.3) is 0 Å². The van der Waals surface area contributed by atoms with Crippen LogP contribution in [-0.4, -0.2) is 28.5 Å². The third kappa shape index (κ3) is 2.12. The largest absolute Gasteiger partial charge is 0.356 e. The van der Waals surface area contributed by atoms with Crippen molar-refractivity contribution in [3.63, 3.8) is 0 Å². The summed E-state index contributed by atoms with van der Waals surface area (Å²) in [6, 6.07) is 0.735. The van der Waals surface area contributed by atoms with E-state index in [1.54, 1.807) is 11.3 Å². The average Bonchev–Trinajstić information content (AvgIpc) is 2.98. The molecule has 18 heavy (non-hydrogen) atoms. The van der Waals surface area contributed by atoms with Gasteiger partial charge in [-0.25, -0.2) is 4.98 Å². The van der Waals surface area contributed by atoms with Crippen LogP contribution in [0.3, 0.4) is 0 Å². The Balaban J connectivity index is 1.93. The lowest BCUT2D eigenvalue weighted by atomic mass is 10.3. The highest BCUT2D eigenvalue weighted by atomic mass is 32.1. The lowest BCUT2D eigenvalue weighted by Crippen LogP contribution is -2.25. The van der Waals surface area contributed by atoms with E-state index in [2.05, 4.69) is 40.0 Å². The van der Waals surface area contributed by atoms with Crippen molar-refractivity contribution in [1.82, 2.24) is 14.7 Å². The zero-order valence-electron chi connectivity index (χ0n) is 11.0. The van der Waals surface area contributed by atoms with Gasteiger partial charge in [-0.05, 0) is 26.7 Å². The second-order valence-corrected chi connectivity index (χ2v) is 5.64. The SMILES string of the molecule is CCN(CC)c1nc2sccn2c1CNC1CC1. The molecule has 2 aromatic rings. The van der Waals surface area contributed by atoms with Crippen molar-refractivity contribution < 1.29 is 0 Å². The van der Waals surface area contributed by atoms with E-state index < -0.39 is 0 Å². The van der Waals surface area contributed by atoms with Crippen LogP contribution in [0.2, 0.25) is 0 Å². The van der Waals surface area contributed by atoms with E-state index in [0.29, 0.717) is 0 Å². The summed E-state index contributed by atoms with van der Waals surface area (Å²) in [4.78, 5) is 8.22. The van der Waals surface area contributed by atoms with E-state index in [4.69, 9.17) is 4.98 Å². The summed E-state index contributed by atoms with van der Waals surface area (Å²) >= 11 is 1.71. The number of thiazole rings is 1. The molecular formula is C13H20N4S. The normalized spacial score (nSPS) is 15.4. The maximum Gasteiger partial charge on any atom is 0.195 e. The van der Waals surface area contributed by atoms with Crippen LogP contribution in [0.5, 0.6) is 0 Å². The predicted molar refractivity (Wildman–Crippen MR) is 76.5 cm³/mol. The number of hydrogen-bond donors (Lipinski definition) is 1. The average molecular weight is 264 g/mol. The smallest absolute Gasteiger partial charge is 0.195 e. The van der Waals surface area contributed by atoms with E-state index in [9.17, 15) is 0 Å². The van der Waals surface area contributed by atoms with Crippen LogP contribution in [0.4, 0.5) is 5.82 Å². The van der Waals surface area contributed by atoms with Gasteiger partial charge in [0.05, 0.1) is 5.69 Å². The Labute approximate surface area is 112 Å². The summed E-state index contributed by atoms with van der Waals surface area (Å²) in [6.07, 6.45) is 4.78. The van der Waals surface area contributed by atoms with Gasteiger partial charge in [0.15, 0.2) is 10.8 Å². The summed E-state index contributed by atoms with van der Waals surface area (Å²) in [5.41, 5.74) is 1.31. The van der Waals surface area contributed by atoms with Crippen molar-refractivity contribution in [1.29, 1.82) is 0 Å². The number of nitrogens with zero attached hydrogens (tertiary/aromatic N) is 3. The number of hydrogen-bond acceptors (Lipinski definition) is 4. The molecule has 0 spiro atoms. The minimum absolute atomic E-state index is 0.735. The number of fused-ring (bicyclic) bond motifs is 1. The number of anilines is 1. The highest BCUT2D eigenvalue weighted by Gasteiger charge is 2.23. The molecule has 2 heterocycles. The zero-order valence-corrected chi connectivity index (χ0v) is 11.8. The van der Waals surface area contributed by atoms with Gasteiger partial charge in [-0.15, -0.1) is 11.3 Å². The first kappa shape index (κ1) is 12.0. The van der Waals surface area contributed by atoms with Gasteiger partial charge in [0.1, 0.15) is 0 Å². The second kappa shape index (κ2) is 4.90. The van der Waals surface area contributed by atoms with Crippen molar-refractivity contribution in [3.05, 3.63) is 17.3 Å². The van der Waals surface area contributed by atoms with Crippen LogP contribution in [0.1, 0.15) is 32.4 Å². The highest BCUT2D eigenvalue weighted by Crippen LogP contribution is 2.26. The molecule has 4 nitrogen and oxygen atoms in total. The molecule has 5 heteroatoms. The van der Waals surface area contributed by atoms with Crippen molar-refractivity contribution in [3.8, 4) is 0 Å². The van der Waals surface area contributed by atoms with Gasteiger partial charge in [0, 0.05) is 37.3 Å². The van der Waals surface area contributed by atoms with Crippen LogP contribution in [0, 0.1) is 0 Å². The third-order valence-electron chi connectivity index (χ3n) is 3.54. The monoisotopic (exact) mass is 264 g/mol. The molecule has 2 aromatic heterocycles. The van der Waals surface area contributed by atoms with Gasteiger partial charge >= 0.3 is 0 Å². The van der Waals surface area contributed by atoms with E-state index in [1.807, 2.05) is 0 Å². The summed E-state index contributed by atoms with van der Waals surface area (Å²) < 4.78 is 2.23. The van der Waals surface area contributed by atoms with Crippen molar-refractivity contribution in [2.75, 3.05) is 18.0 Å². The van der Waals surface area contributed by atoms with Gasteiger partial charge in [-0.3, -0.25) is 4.40 Å². The van der Waals surface area contributed by atoms with Crippen molar-refractivity contribution in [2.24, 2.45) is 0 Å². The fourth-order valence-corrected chi connectivity index (χ4v) is 3.02. The minimum atomic E-state index is 0.735. The molecule has 0 saturated heterocycles. The quantitative estimate of drug-likeness (QED) is 0.870. The Morgan fingerprint density at radius 2 is 2.22 bits per heavy atom. The number of imidazole rings is 1. The van der Waals surface area contributed by atoms with E-state index in [1.165, 1.54) is 18.5 Å². The molecule has 0 bridgehead atoms. The molecule has 0 atom stereocenters. The van der Waals surface area contributed by atoms with Gasteiger partial charge < -0.3 is 10.2 Å². The highest BCUT2D eigenvalue weighted by molar-refractivity contribution is 7.15. The molecule has 1 saturated carbocycles. The molecule has 1 aliphatic carbocycles. The Bertz CT molecular complexity index is 522. The summed E-state index contributed by atoms with van der Waals surface area (Å²) in [6.45, 7) is 7.33. The van der Waals surface area contributed by atoms with Crippen molar-refractivity contribution in [2.45, 2.75) is 39.3 Å². The van der Waals surface area contributed by atoms with E-state index in [0.717, 1.165) is 36.5 Å². The lowest BCUT2D eigenvalue weighted by molar-refractivity contribution is 0.667. The van der Waals surface area contributed by atoms with Crippen LogP contribution < -0.4 is 10.2 Å². The molecule has 1 fully saturated rings. The second-order valence-electron chi connectivity index (χ2n) is 4.77. The maximum atomic E-state index is 4.78. The molecule has 1 N–H and O–H groups in total. The Kier molecular flexibility index (Phi) is 3.26. The molecule has 3 rings (SSSR count). The Morgan fingerprint density at radius 3 is 2.89 bits per heavy atom. The molecule has 1 aliphatic rings. The molecular weight excluding hydrogens is 244 g/mol. The summed E-state index contributed by atoms with van der Waals surface area (Å²) in [7, 11) is 0. The van der Waals surface area contributed by atoms with Gasteiger partial charge in [-0.1, -0.05) is 0 Å². The molecule has 98 valence electrons. The molecule has 0 aromatic carbocycles. The standard InChI is InChI=1S/C13H20N4S/c1-3-16(4-2)12-11(9-14-10-5-6-10)17-7-8-18-13(17)15-12/h7-8,10,14H,3-6,9H2,1-2H3. The zero-order chi connectivity index (χ0) is 12.5. The minimum Gasteiger partial charge on any atom is -0.356 e. The third-order valence-corrected chi connectivity index (χ3v) is 4.30. The Hall–Kier alpha value is -1.07. The van der Waals surface area contributed by atoms with E-state index >= 15 is 0 Å². The van der Waals surface area contributed by atoms with Crippen LogP contribution in [-0.2, 0) is 6.54 Å². The van der Waals surface area contributed by atoms with Gasteiger partial charge in [-0.2, -0.15) is 0 Å². The molecule has 0 radical (unpaired) electrons. The van der Waals surface area contributed by atoms with Crippen molar-refractivity contribution >= 4 is 22.1 Å². The number of nitrogens with one attached hydrogen (secondary N) is 1. The first-order valence-corrected chi connectivity index (χ1v) is 7.64.